The van der Waals surface area contributed by atoms with Crippen molar-refractivity contribution in [3.63, 3.8) is 0 Å². The Morgan fingerprint density at radius 2 is 1.08 bits per heavy atom. The van der Waals surface area contributed by atoms with Crippen molar-refractivity contribution >= 4 is 19.8 Å². The highest BCUT2D eigenvalue weighted by Crippen LogP contribution is 2.47. The van der Waals surface area contributed by atoms with E-state index in [4.69, 9.17) is 18.5 Å². The van der Waals surface area contributed by atoms with Gasteiger partial charge in [-0.1, -0.05) is 143 Å². The van der Waals surface area contributed by atoms with E-state index in [1.165, 1.54) is 38.5 Å². The van der Waals surface area contributed by atoms with Crippen LogP contribution < -0.4 is 0 Å². The highest BCUT2D eigenvalue weighted by molar-refractivity contribution is 7.47. The Hall–Kier alpha value is -3.27. The molecule has 0 saturated heterocycles. The standard InChI is InChI=1S/C49H79O14P/c1-3-5-7-9-11-12-13-14-15-16-17-18-19-20-25-29-33-37-43(52)62-41(39-61-64(58,59)63-49-47(56)45(54)44(53)46(55)48(49)57)38-60-42(51)36-32-28-24-22-21-23-27-31-35-40(50)34-30-26-10-8-6-4-2/h6,8,14-15,17-18,20,22-27,30-31,35,40-41,44-50,53-57H,3-5,7,9-13,16,19,21,28-29,32-34,36-39H2,1-2H3,(H,58,59)/b8-6-,15-14-,18-17-,24-22-,25-20-,27-23-,30-26-,35-31+/t40?,41-,44?,45-,46+,47-,48-,49?/m1/s1. The molecule has 0 amide bonds. The number of aliphatic hydroxyl groups is 6. The summed E-state index contributed by atoms with van der Waals surface area (Å²) in [5, 5.41) is 60.2. The van der Waals surface area contributed by atoms with Gasteiger partial charge in [0.1, 0.15) is 43.2 Å². The maximum Gasteiger partial charge on any atom is 0.472 e. The van der Waals surface area contributed by atoms with Gasteiger partial charge in [0.15, 0.2) is 6.10 Å². The van der Waals surface area contributed by atoms with Gasteiger partial charge in [0.25, 0.3) is 0 Å². The van der Waals surface area contributed by atoms with Crippen molar-refractivity contribution in [2.45, 2.75) is 185 Å². The van der Waals surface area contributed by atoms with Gasteiger partial charge in [0.2, 0.25) is 0 Å². The number of allylic oxidation sites excluding steroid dienone is 14. The first-order valence-electron chi connectivity index (χ1n) is 23.1. The van der Waals surface area contributed by atoms with Crippen LogP contribution in [0.1, 0.15) is 136 Å². The van der Waals surface area contributed by atoms with Crippen molar-refractivity contribution in [2.24, 2.45) is 0 Å². The van der Waals surface area contributed by atoms with Gasteiger partial charge in [0.05, 0.1) is 12.7 Å². The molecule has 0 spiro atoms. The lowest BCUT2D eigenvalue weighted by atomic mass is 9.85. The topological polar surface area (TPSA) is 230 Å². The number of ether oxygens (including phenoxy) is 2. The van der Waals surface area contributed by atoms with Crippen molar-refractivity contribution in [1.29, 1.82) is 0 Å². The third-order valence-corrected chi connectivity index (χ3v) is 11.0. The first-order valence-corrected chi connectivity index (χ1v) is 24.6. The number of aliphatic hydroxyl groups excluding tert-OH is 6. The minimum absolute atomic E-state index is 0.00530. The predicted molar refractivity (Wildman–Crippen MR) is 250 cm³/mol. The Morgan fingerprint density at radius 3 is 1.69 bits per heavy atom. The highest BCUT2D eigenvalue weighted by Gasteiger charge is 2.51. The Morgan fingerprint density at radius 1 is 0.578 bits per heavy atom. The molecule has 15 heteroatoms. The van der Waals surface area contributed by atoms with E-state index in [2.05, 4.69) is 50.3 Å². The molecular weight excluding hydrogens is 843 g/mol. The Balaban J connectivity index is 2.58. The fourth-order valence-corrected chi connectivity index (χ4v) is 7.22. The maximum absolute atomic E-state index is 12.8. The zero-order valence-corrected chi connectivity index (χ0v) is 39.0. The number of hydrogen-bond acceptors (Lipinski definition) is 13. The number of carbonyl (C=O) groups is 2. The Bertz CT molecular complexity index is 1500. The second-order valence-corrected chi connectivity index (χ2v) is 17.1. The molecule has 0 bridgehead atoms. The van der Waals surface area contributed by atoms with Crippen LogP contribution in [0.15, 0.2) is 97.2 Å². The van der Waals surface area contributed by atoms with Gasteiger partial charge in [-0.3, -0.25) is 18.6 Å². The van der Waals surface area contributed by atoms with Crippen molar-refractivity contribution in [3.8, 4) is 0 Å². The van der Waals surface area contributed by atoms with Crippen LogP contribution in [0.4, 0.5) is 0 Å². The average Bonchev–Trinajstić information content (AvgIpc) is 3.27. The monoisotopic (exact) mass is 923 g/mol. The second-order valence-electron chi connectivity index (χ2n) is 15.7. The van der Waals surface area contributed by atoms with Gasteiger partial charge in [-0.15, -0.1) is 0 Å². The lowest BCUT2D eigenvalue weighted by molar-refractivity contribution is -0.220. The normalized spacial score (nSPS) is 23.0. The molecule has 9 atom stereocenters. The molecule has 0 heterocycles. The van der Waals surface area contributed by atoms with Gasteiger partial charge in [0, 0.05) is 12.8 Å². The summed E-state index contributed by atoms with van der Waals surface area (Å²) in [4.78, 5) is 35.7. The summed E-state index contributed by atoms with van der Waals surface area (Å²) >= 11 is 0. The molecule has 0 aromatic carbocycles. The summed E-state index contributed by atoms with van der Waals surface area (Å²) < 4.78 is 33.4. The number of rotatable bonds is 36. The molecule has 1 fully saturated rings. The van der Waals surface area contributed by atoms with Gasteiger partial charge in [-0.25, -0.2) is 4.57 Å². The number of hydrogen-bond donors (Lipinski definition) is 7. The van der Waals surface area contributed by atoms with Gasteiger partial charge in [-0.05, 0) is 77.0 Å². The van der Waals surface area contributed by atoms with Crippen LogP contribution in [0.2, 0.25) is 0 Å². The van der Waals surface area contributed by atoms with E-state index in [1.807, 2.05) is 48.6 Å². The molecule has 4 unspecified atom stereocenters. The van der Waals surface area contributed by atoms with Crippen LogP contribution in [0.25, 0.3) is 0 Å². The molecule has 1 saturated carbocycles. The van der Waals surface area contributed by atoms with Crippen molar-refractivity contribution < 1.29 is 68.2 Å². The van der Waals surface area contributed by atoms with Crippen LogP contribution in [-0.4, -0.2) is 110 Å². The van der Waals surface area contributed by atoms with E-state index < -0.39 is 81.8 Å². The molecule has 0 radical (unpaired) electrons. The molecule has 7 N–H and O–H groups in total. The summed E-state index contributed by atoms with van der Waals surface area (Å²) in [6.45, 7) is 3.00. The maximum atomic E-state index is 12.8. The van der Waals surface area contributed by atoms with E-state index in [-0.39, 0.29) is 12.8 Å². The van der Waals surface area contributed by atoms with E-state index in [9.17, 15) is 49.7 Å². The summed E-state index contributed by atoms with van der Waals surface area (Å²) in [6.07, 6.45) is 33.6. The fraction of sp³-hybridized carbons (Fsp3) is 0.633. The van der Waals surface area contributed by atoms with Crippen LogP contribution in [0.3, 0.4) is 0 Å². The van der Waals surface area contributed by atoms with Gasteiger partial charge >= 0.3 is 19.8 Å². The number of unbranched alkanes of at least 4 members (excludes halogenated alkanes) is 8. The first kappa shape index (κ1) is 58.7. The molecule has 0 aliphatic heterocycles. The lowest BCUT2D eigenvalue weighted by Crippen LogP contribution is -2.64. The first-order chi connectivity index (χ1) is 30.8. The molecule has 1 aliphatic rings. The third kappa shape index (κ3) is 30.0. The smallest absolute Gasteiger partial charge is 0.462 e. The highest BCUT2D eigenvalue weighted by atomic mass is 31.2. The predicted octanol–water partition coefficient (Wildman–Crippen LogP) is 8.02. The molecule has 364 valence electrons. The SMILES string of the molecule is CC/C=C\C/C=C\CC(O)/C=C/C=C\C/C=C\CCCC(=O)OC[C@H](COP(=O)(O)OC1[C@H](O)[C@H](O)C(O)[C@H](O)[C@H]1O)OC(=O)CCC/C=C\C/C=C\C/C=C\CCCCCCCC. The van der Waals surface area contributed by atoms with Crippen LogP contribution in [0, 0.1) is 0 Å². The minimum atomic E-state index is -5.17. The zero-order valence-electron chi connectivity index (χ0n) is 38.1. The van der Waals surface area contributed by atoms with Crippen LogP contribution >= 0.6 is 7.82 Å². The molecule has 1 aliphatic carbocycles. The second kappa shape index (κ2) is 37.9. The molecule has 14 nitrogen and oxygen atoms in total. The quantitative estimate of drug-likeness (QED) is 0.0104. The Kier molecular flexibility index (Phi) is 34.8. The summed E-state index contributed by atoms with van der Waals surface area (Å²) in [5.41, 5.74) is 0. The molecular formula is C49H79O14P. The van der Waals surface area contributed by atoms with E-state index in [0.29, 0.717) is 38.5 Å². The van der Waals surface area contributed by atoms with E-state index in [0.717, 1.165) is 32.1 Å². The number of phosphoric ester groups is 1. The summed E-state index contributed by atoms with van der Waals surface area (Å²) in [5.74, 6) is -1.28. The summed E-state index contributed by atoms with van der Waals surface area (Å²) in [7, 11) is -5.17. The number of esters is 2. The third-order valence-electron chi connectivity index (χ3n) is 9.99. The Labute approximate surface area is 382 Å². The largest absolute Gasteiger partial charge is 0.472 e. The van der Waals surface area contributed by atoms with E-state index in [1.54, 1.807) is 12.2 Å². The van der Waals surface area contributed by atoms with Gasteiger partial charge < -0.3 is 45.0 Å². The zero-order chi connectivity index (χ0) is 47.3. The minimum Gasteiger partial charge on any atom is -0.462 e. The molecule has 1 rings (SSSR count). The summed E-state index contributed by atoms with van der Waals surface area (Å²) in [6, 6.07) is 0. The van der Waals surface area contributed by atoms with E-state index >= 15 is 0 Å². The molecule has 0 aromatic heterocycles. The number of carbonyl (C=O) groups excluding carboxylic acids is 2. The van der Waals surface area contributed by atoms with Crippen molar-refractivity contribution in [3.05, 3.63) is 97.2 Å². The van der Waals surface area contributed by atoms with Crippen LogP contribution in [-0.2, 0) is 32.7 Å². The lowest BCUT2D eigenvalue weighted by Gasteiger charge is -2.41. The van der Waals surface area contributed by atoms with Crippen molar-refractivity contribution in [2.75, 3.05) is 13.2 Å². The average molecular weight is 923 g/mol. The molecule has 0 aromatic rings. The van der Waals surface area contributed by atoms with Crippen molar-refractivity contribution in [1.82, 2.24) is 0 Å². The fourth-order valence-electron chi connectivity index (χ4n) is 6.24. The number of phosphoric acid groups is 1. The van der Waals surface area contributed by atoms with Crippen LogP contribution in [0.5, 0.6) is 0 Å². The van der Waals surface area contributed by atoms with Gasteiger partial charge in [-0.2, -0.15) is 0 Å². The molecule has 64 heavy (non-hydrogen) atoms.